The minimum Gasteiger partial charge on any atom is -0.393 e. The largest absolute Gasteiger partial charge is 0.393 e. The van der Waals surface area contributed by atoms with Crippen LogP contribution >= 0.6 is 0 Å². The molecule has 0 radical (unpaired) electrons. The molecule has 1 aliphatic carbocycles. The number of rotatable bonds is 1. The van der Waals surface area contributed by atoms with Gasteiger partial charge < -0.3 is 5.11 Å². The second-order valence-corrected chi connectivity index (χ2v) is 4.71. The lowest BCUT2D eigenvalue weighted by Gasteiger charge is -2.39. The molecule has 1 nitrogen and oxygen atoms in total. The van der Waals surface area contributed by atoms with Crippen molar-refractivity contribution in [2.24, 2.45) is 10.8 Å². The summed E-state index contributed by atoms with van der Waals surface area (Å²) in [5.74, 6) is 0. The first-order valence-electron chi connectivity index (χ1n) is 4.62. The summed E-state index contributed by atoms with van der Waals surface area (Å²) < 4.78 is 0. The highest BCUT2D eigenvalue weighted by molar-refractivity contribution is 4.99. The van der Waals surface area contributed by atoms with E-state index >= 15 is 0 Å². The number of hydrogen-bond donors (Lipinski definition) is 1. The van der Waals surface area contributed by atoms with Crippen molar-refractivity contribution in [3.8, 4) is 0 Å². The highest BCUT2D eigenvalue weighted by atomic mass is 16.3. The normalized spacial score (nSPS) is 42.8. The minimum atomic E-state index is -0.0810. The topological polar surface area (TPSA) is 20.2 Å². The zero-order valence-electron chi connectivity index (χ0n) is 8.15. The fourth-order valence-corrected chi connectivity index (χ4v) is 2.27. The van der Waals surface area contributed by atoms with Crippen LogP contribution in [0.2, 0.25) is 0 Å². The molecule has 0 aromatic rings. The molecule has 1 aliphatic rings. The van der Waals surface area contributed by atoms with Gasteiger partial charge in [0, 0.05) is 0 Å². The van der Waals surface area contributed by atoms with Crippen LogP contribution in [0.5, 0.6) is 0 Å². The van der Waals surface area contributed by atoms with Crippen LogP contribution < -0.4 is 0 Å². The SMILES string of the molecule is CCC1(C)C(O)CCC1(C)C. The number of aliphatic hydroxyl groups is 1. The fourth-order valence-electron chi connectivity index (χ4n) is 2.27. The summed E-state index contributed by atoms with van der Waals surface area (Å²) in [6, 6.07) is 0. The Balaban J connectivity index is 2.88. The molecule has 1 fully saturated rings. The summed E-state index contributed by atoms with van der Waals surface area (Å²) in [4.78, 5) is 0. The molecule has 11 heavy (non-hydrogen) atoms. The first-order chi connectivity index (χ1) is 4.94. The average Bonchev–Trinajstić information content (AvgIpc) is 2.15. The van der Waals surface area contributed by atoms with Gasteiger partial charge in [0.05, 0.1) is 6.10 Å². The van der Waals surface area contributed by atoms with Gasteiger partial charge in [-0.2, -0.15) is 0 Å². The summed E-state index contributed by atoms with van der Waals surface area (Å²) >= 11 is 0. The molecule has 1 N–H and O–H groups in total. The summed E-state index contributed by atoms with van der Waals surface area (Å²) in [5, 5.41) is 9.78. The first kappa shape index (κ1) is 9.05. The van der Waals surface area contributed by atoms with Crippen molar-refractivity contribution >= 4 is 0 Å². The van der Waals surface area contributed by atoms with Crippen LogP contribution in [0, 0.1) is 10.8 Å². The van der Waals surface area contributed by atoms with E-state index in [0.29, 0.717) is 5.41 Å². The van der Waals surface area contributed by atoms with Gasteiger partial charge in [0.15, 0.2) is 0 Å². The Morgan fingerprint density at radius 2 is 1.91 bits per heavy atom. The number of aliphatic hydroxyl groups excluding tert-OH is 1. The first-order valence-corrected chi connectivity index (χ1v) is 4.62. The van der Waals surface area contributed by atoms with Crippen LogP contribution in [0.1, 0.15) is 47.0 Å². The van der Waals surface area contributed by atoms with Crippen molar-refractivity contribution in [2.45, 2.75) is 53.1 Å². The molecule has 0 spiro atoms. The maximum absolute atomic E-state index is 9.78. The van der Waals surface area contributed by atoms with Gasteiger partial charge in [0.2, 0.25) is 0 Å². The van der Waals surface area contributed by atoms with Crippen molar-refractivity contribution in [1.82, 2.24) is 0 Å². The van der Waals surface area contributed by atoms with E-state index in [-0.39, 0.29) is 11.5 Å². The van der Waals surface area contributed by atoms with Crippen molar-refractivity contribution < 1.29 is 5.11 Å². The van der Waals surface area contributed by atoms with E-state index in [1.54, 1.807) is 0 Å². The summed E-state index contributed by atoms with van der Waals surface area (Å²) in [6.07, 6.45) is 3.15. The molecule has 1 heteroatoms. The molecule has 0 aromatic carbocycles. The average molecular weight is 156 g/mol. The van der Waals surface area contributed by atoms with Gasteiger partial charge in [-0.3, -0.25) is 0 Å². The molecule has 2 unspecified atom stereocenters. The van der Waals surface area contributed by atoms with Gasteiger partial charge in [0.1, 0.15) is 0 Å². The fraction of sp³-hybridized carbons (Fsp3) is 1.00. The van der Waals surface area contributed by atoms with Crippen molar-refractivity contribution in [2.75, 3.05) is 0 Å². The second-order valence-electron chi connectivity index (χ2n) is 4.71. The Hall–Kier alpha value is -0.0400. The van der Waals surface area contributed by atoms with Crippen LogP contribution in [-0.2, 0) is 0 Å². The minimum absolute atomic E-state index is 0.0810. The van der Waals surface area contributed by atoms with Crippen LogP contribution in [0.4, 0.5) is 0 Å². The Morgan fingerprint density at radius 3 is 2.09 bits per heavy atom. The van der Waals surface area contributed by atoms with E-state index in [1.165, 1.54) is 6.42 Å². The predicted molar refractivity (Wildman–Crippen MR) is 47.4 cm³/mol. The smallest absolute Gasteiger partial charge is 0.0599 e. The quantitative estimate of drug-likeness (QED) is 0.618. The highest BCUT2D eigenvalue weighted by Gasteiger charge is 2.49. The van der Waals surface area contributed by atoms with Gasteiger partial charge in [-0.1, -0.05) is 27.7 Å². The summed E-state index contributed by atoms with van der Waals surface area (Å²) in [5.41, 5.74) is 0.466. The van der Waals surface area contributed by atoms with Gasteiger partial charge in [-0.15, -0.1) is 0 Å². The third-order valence-corrected chi connectivity index (χ3v) is 4.06. The molecular weight excluding hydrogens is 136 g/mol. The molecule has 0 amide bonds. The Labute approximate surface area is 69.8 Å². The standard InChI is InChI=1S/C10H20O/c1-5-10(4)8(11)6-7-9(10,2)3/h8,11H,5-7H2,1-4H3. The lowest BCUT2D eigenvalue weighted by atomic mass is 9.67. The zero-order valence-corrected chi connectivity index (χ0v) is 8.15. The molecule has 0 aromatic heterocycles. The van der Waals surface area contributed by atoms with Crippen molar-refractivity contribution in [1.29, 1.82) is 0 Å². The molecule has 0 bridgehead atoms. The van der Waals surface area contributed by atoms with Crippen LogP contribution in [-0.4, -0.2) is 11.2 Å². The molecule has 0 heterocycles. The number of hydrogen-bond acceptors (Lipinski definition) is 1. The maximum atomic E-state index is 9.78. The predicted octanol–water partition coefficient (Wildman–Crippen LogP) is 2.58. The monoisotopic (exact) mass is 156 g/mol. The van der Waals surface area contributed by atoms with Crippen LogP contribution in [0.25, 0.3) is 0 Å². The third kappa shape index (κ3) is 1.10. The van der Waals surface area contributed by atoms with Crippen LogP contribution in [0.3, 0.4) is 0 Å². The molecule has 0 aliphatic heterocycles. The van der Waals surface area contributed by atoms with Crippen molar-refractivity contribution in [3.05, 3.63) is 0 Å². The Kier molecular flexibility index (Phi) is 2.04. The van der Waals surface area contributed by atoms with Gasteiger partial charge in [-0.05, 0) is 30.1 Å². The molecule has 0 saturated heterocycles. The van der Waals surface area contributed by atoms with E-state index in [9.17, 15) is 5.11 Å². The van der Waals surface area contributed by atoms with Crippen LogP contribution in [0.15, 0.2) is 0 Å². The lowest BCUT2D eigenvalue weighted by Crippen LogP contribution is -2.37. The van der Waals surface area contributed by atoms with Crippen molar-refractivity contribution in [3.63, 3.8) is 0 Å². The molecule has 1 rings (SSSR count). The van der Waals surface area contributed by atoms with Gasteiger partial charge in [-0.25, -0.2) is 0 Å². The second kappa shape index (κ2) is 2.48. The van der Waals surface area contributed by atoms with E-state index in [1.807, 2.05) is 0 Å². The Morgan fingerprint density at radius 1 is 1.36 bits per heavy atom. The molecular formula is C10H20O. The van der Waals surface area contributed by atoms with Gasteiger partial charge >= 0.3 is 0 Å². The molecule has 1 saturated carbocycles. The third-order valence-electron chi connectivity index (χ3n) is 4.06. The summed E-state index contributed by atoms with van der Waals surface area (Å²) in [6.45, 7) is 8.93. The van der Waals surface area contributed by atoms with E-state index in [4.69, 9.17) is 0 Å². The highest BCUT2D eigenvalue weighted by Crippen LogP contribution is 2.54. The Bertz CT molecular complexity index is 151. The molecule has 66 valence electrons. The summed E-state index contributed by atoms with van der Waals surface area (Å²) in [7, 11) is 0. The molecule has 2 atom stereocenters. The maximum Gasteiger partial charge on any atom is 0.0599 e. The van der Waals surface area contributed by atoms with E-state index in [0.717, 1.165) is 12.8 Å². The lowest BCUT2D eigenvalue weighted by molar-refractivity contribution is 0.00207. The van der Waals surface area contributed by atoms with E-state index < -0.39 is 0 Å². The zero-order chi connectivity index (χ0) is 8.70. The van der Waals surface area contributed by atoms with Gasteiger partial charge in [0.25, 0.3) is 0 Å². The van der Waals surface area contributed by atoms with E-state index in [2.05, 4.69) is 27.7 Å².